The van der Waals surface area contributed by atoms with E-state index in [2.05, 4.69) is 20.9 Å². The number of carbonyl (C=O) groups is 3. The van der Waals surface area contributed by atoms with E-state index in [0.717, 1.165) is 6.07 Å². The number of hydrogen-bond donors (Lipinski definition) is 3. The summed E-state index contributed by atoms with van der Waals surface area (Å²) >= 11 is 4.81. The number of thiocarbonyl (C=S) groups is 1. The van der Waals surface area contributed by atoms with Gasteiger partial charge in [-0.3, -0.25) is 35.3 Å². The number of ether oxygens (including phenoxy) is 1. The number of nitrogens with zero attached hydrogens (tertiary/aromatic N) is 1. The molecule has 0 fully saturated rings. The minimum absolute atomic E-state index is 0.0399. The Hall–Kier alpha value is -3.08. The number of benzene rings is 1. The summed E-state index contributed by atoms with van der Waals surface area (Å²) in [4.78, 5) is 44.6. The third-order valence-corrected chi connectivity index (χ3v) is 2.93. The minimum Gasteiger partial charge on any atom is -0.466 e. The van der Waals surface area contributed by atoms with Gasteiger partial charge >= 0.3 is 5.97 Å². The summed E-state index contributed by atoms with van der Waals surface area (Å²) in [6.45, 7) is 1.88. The molecule has 0 aliphatic heterocycles. The molecule has 0 aromatic heterocycles. The lowest BCUT2D eigenvalue weighted by Crippen LogP contribution is -2.48. The molecule has 11 heteroatoms. The van der Waals surface area contributed by atoms with Crippen molar-refractivity contribution in [3.05, 3.63) is 39.9 Å². The van der Waals surface area contributed by atoms with Gasteiger partial charge in [0.1, 0.15) is 0 Å². The van der Waals surface area contributed by atoms with Crippen molar-refractivity contribution >= 4 is 40.8 Å². The number of rotatable bonds is 6. The summed E-state index contributed by atoms with van der Waals surface area (Å²) in [5, 5.41) is 12.7. The van der Waals surface area contributed by atoms with Crippen molar-refractivity contribution in [3.8, 4) is 0 Å². The predicted molar refractivity (Wildman–Crippen MR) is 90.3 cm³/mol. The molecule has 0 aliphatic carbocycles. The van der Waals surface area contributed by atoms with Crippen LogP contribution in [0.25, 0.3) is 0 Å². The Morgan fingerprint density at radius 2 is 1.96 bits per heavy atom. The Labute approximate surface area is 148 Å². The highest BCUT2D eigenvalue weighted by Gasteiger charge is 2.12. The van der Waals surface area contributed by atoms with Gasteiger partial charge in [0.05, 0.1) is 18.0 Å². The number of nitro groups is 1. The summed E-state index contributed by atoms with van der Waals surface area (Å²) in [6.07, 6.45) is -0.220. The highest BCUT2D eigenvalue weighted by molar-refractivity contribution is 7.80. The van der Waals surface area contributed by atoms with E-state index in [1.807, 2.05) is 0 Å². The molecule has 0 spiro atoms. The lowest BCUT2D eigenvalue weighted by molar-refractivity contribution is -0.384. The third-order valence-electron chi connectivity index (χ3n) is 2.72. The standard InChI is InChI=1S/C14H16N4O6S/c1-2-24-12(20)7-6-11(19)15-14(25)17-16-13(21)9-4-3-5-10(8-9)18(22)23/h3-5,8H,2,6-7H2,1H3,(H,16,21)(H2,15,17,19,25). The maximum atomic E-state index is 11.9. The van der Waals surface area contributed by atoms with E-state index in [9.17, 15) is 24.5 Å². The van der Waals surface area contributed by atoms with Crippen molar-refractivity contribution in [2.45, 2.75) is 19.8 Å². The number of hydrogen-bond acceptors (Lipinski definition) is 7. The molecule has 2 amide bonds. The van der Waals surface area contributed by atoms with Gasteiger partial charge in [-0.2, -0.15) is 0 Å². The highest BCUT2D eigenvalue weighted by atomic mass is 32.1. The summed E-state index contributed by atoms with van der Waals surface area (Å²) in [5.74, 6) is -1.71. The summed E-state index contributed by atoms with van der Waals surface area (Å²) in [6, 6.07) is 5.09. The maximum absolute atomic E-state index is 11.9. The minimum atomic E-state index is -0.674. The van der Waals surface area contributed by atoms with E-state index in [1.165, 1.54) is 18.2 Å². The topological polar surface area (TPSA) is 140 Å². The fourth-order valence-electron chi connectivity index (χ4n) is 1.62. The van der Waals surface area contributed by atoms with Crippen molar-refractivity contribution in [1.29, 1.82) is 0 Å². The van der Waals surface area contributed by atoms with Gasteiger partial charge in [-0.1, -0.05) is 6.07 Å². The molecule has 0 radical (unpaired) electrons. The largest absolute Gasteiger partial charge is 0.466 e. The molecule has 0 atom stereocenters. The molecule has 0 saturated carbocycles. The molecule has 0 unspecified atom stereocenters. The molecule has 1 aromatic carbocycles. The smallest absolute Gasteiger partial charge is 0.306 e. The van der Waals surface area contributed by atoms with Crippen LogP contribution in [0.3, 0.4) is 0 Å². The molecular formula is C14H16N4O6S. The lowest BCUT2D eigenvalue weighted by atomic mass is 10.2. The van der Waals surface area contributed by atoms with E-state index < -0.39 is 22.7 Å². The first kappa shape index (κ1) is 20.0. The van der Waals surface area contributed by atoms with E-state index in [1.54, 1.807) is 6.92 Å². The van der Waals surface area contributed by atoms with Gasteiger partial charge in [0.2, 0.25) is 5.91 Å². The number of nitro benzene ring substituents is 1. The van der Waals surface area contributed by atoms with Crippen LogP contribution in [0.5, 0.6) is 0 Å². The number of hydrazine groups is 1. The van der Waals surface area contributed by atoms with Crippen LogP contribution in [0, 0.1) is 10.1 Å². The zero-order chi connectivity index (χ0) is 18.8. The monoisotopic (exact) mass is 368 g/mol. The van der Waals surface area contributed by atoms with E-state index in [4.69, 9.17) is 12.2 Å². The second-order valence-corrected chi connectivity index (χ2v) is 4.98. The van der Waals surface area contributed by atoms with E-state index in [0.29, 0.717) is 0 Å². The number of amides is 2. The number of nitrogens with one attached hydrogen (secondary N) is 3. The first-order valence-corrected chi connectivity index (χ1v) is 7.54. The normalized spacial score (nSPS) is 9.64. The van der Waals surface area contributed by atoms with Gasteiger partial charge in [0.25, 0.3) is 11.6 Å². The van der Waals surface area contributed by atoms with Crippen LogP contribution in [-0.2, 0) is 14.3 Å². The molecule has 1 aromatic rings. The maximum Gasteiger partial charge on any atom is 0.306 e. The van der Waals surface area contributed by atoms with Crippen LogP contribution in [0.4, 0.5) is 5.69 Å². The molecule has 0 saturated heterocycles. The zero-order valence-electron chi connectivity index (χ0n) is 13.2. The highest BCUT2D eigenvalue weighted by Crippen LogP contribution is 2.12. The first-order chi connectivity index (χ1) is 11.8. The van der Waals surface area contributed by atoms with Gasteiger partial charge in [0.15, 0.2) is 5.11 Å². The average molecular weight is 368 g/mol. The van der Waals surface area contributed by atoms with Crippen LogP contribution in [0.1, 0.15) is 30.1 Å². The van der Waals surface area contributed by atoms with Gasteiger partial charge in [-0.25, -0.2) is 0 Å². The molecule has 0 heterocycles. The molecule has 25 heavy (non-hydrogen) atoms. The number of esters is 1. The molecule has 0 aliphatic rings. The third kappa shape index (κ3) is 7.35. The van der Waals surface area contributed by atoms with Gasteiger partial charge < -0.3 is 10.1 Å². The Kier molecular flexibility index (Phi) is 7.93. The lowest BCUT2D eigenvalue weighted by Gasteiger charge is -2.10. The van der Waals surface area contributed by atoms with Gasteiger partial charge in [0, 0.05) is 24.1 Å². The van der Waals surface area contributed by atoms with Crippen LogP contribution in [0.15, 0.2) is 24.3 Å². The quantitative estimate of drug-likeness (QED) is 0.287. The second kappa shape index (κ2) is 9.93. The van der Waals surface area contributed by atoms with Crippen molar-refractivity contribution in [1.82, 2.24) is 16.2 Å². The van der Waals surface area contributed by atoms with Crippen molar-refractivity contribution in [3.63, 3.8) is 0 Å². The fourth-order valence-corrected chi connectivity index (χ4v) is 1.78. The van der Waals surface area contributed by atoms with Gasteiger partial charge in [-0.15, -0.1) is 0 Å². The molecule has 10 nitrogen and oxygen atoms in total. The number of carbonyl (C=O) groups excluding carboxylic acids is 3. The van der Waals surface area contributed by atoms with Crippen LogP contribution in [-0.4, -0.2) is 34.4 Å². The molecule has 1 rings (SSSR count). The van der Waals surface area contributed by atoms with Crippen molar-refractivity contribution in [2.75, 3.05) is 6.61 Å². The molecule has 0 bridgehead atoms. The first-order valence-electron chi connectivity index (χ1n) is 7.13. The zero-order valence-corrected chi connectivity index (χ0v) is 14.1. The van der Waals surface area contributed by atoms with Crippen molar-refractivity contribution in [2.24, 2.45) is 0 Å². The summed E-state index contributed by atoms with van der Waals surface area (Å²) in [7, 11) is 0. The average Bonchev–Trinajstić information content (AvgIpc) is 2.58. The van der Waals surface area contributed by atoms with Crippen LogP contribution in [0.2, 0.25) is 0 Å². The predicted octanol–water partition coefficient (Wildman–Crippen LogP) is 0.574. The van der Waals surface area contributed by atoms with E-state index >= 15 is 0 Å². The Morgan fingerprint density at radius 3 is 2.60 bits per heavy atom. The van der Waals surface area contributed by atoms with Crippen LogP contribution < -0.4 is 16.2 Å². The molecule has 134 valence electrons. The van der Waals surface area contributed by atoms with E-state index in [-0.39, 0.29) is 35.8 Å². The number of non-ortho nitro benzene ring substituents is 1. The second-order valence-electron chi connectivity index (χ2n) is 4.57. The fraction of sp³-hybridized carbons (Fsp3) is 0.286. The Bertz CT molecular complexity index is 694. The molecule has 3 N–H and O–H groups in total. The SMILES string of the molecule is CCOC(=O)CCC(=O)NC(=S)NNC(=O)c1cccc([N+](=O)[O-])c1. The molecular weight excluding hydrogens is 352 g/mol. The summed E-state index contributed by atoms with van der Waals surface area (Å²) in [5.41, 5.74) is 4.29. The Balaban J connectivity index is 2.41. The summed E-state index contributed by atoms with van der Waals surface area (Å²) < 4.78 is 4.68. The Morgan fingerprint density at radius 1 is 1.24 bits per heavy atom. The van der Waals surface area contributed by atoms with Crippen molar-refractivity contribution < 1.29 is 24.0 Å². The van der Waals surface area contributed by atoms with Gasteiger partial charge in [-0.05, 0) is 25.2 Å². The van der Waals surface area contributed by atoms with Crippen LogP contribution >= 0.6 is 12.2 Å².